The number of anilines is 1. The molecule has 2 rings (SSSR count). The van der Waals surface area contributed by atoms with E-state index >= 15 is 0 Å². The van der Waals surface area contributed by atoms with Gasteiger partial charge in [0.15, 0.2) is 5.60 Å². The Kier molecular flexibility index (Phi) is 3.22. The Hall–Kier alpha value is -2.04. The van der Waals surface area contributed by atoms with Crippen LogP contribution in [0.2, 0.25) is 0 Å². The molecule has 0 spiro atoms. The molecule has 0 atom stereocenters. The van der Waals surface area contributed by atoms with Gasteiger partial charge in [-0.05, 0) is 45.4 Å². The molecule has 1 aliphatic rings. The fourth-order valence-electron chi connectivity index (χ4n) is 1.89. The summed E-state index contributed by atoms with van der Waals surface area (Å²) < 4.78 is 10.6. The van der Waals surface area contributed by atoms with Gasteiger partial charge in [-0.2, -0.15) is 0 Å². The van der Waals surface area contributed by atoms with E-state index in [0.717, 1.165) is 5.56 Å². The van der Waals surface area contributed by atoms with E-state index in [1.165, 1.54) is 0 Å². The molecule has 102 valence electrons. The molecule has 0 aliphatic carbocycles. The number of rotatable bonds is 2. The molecule has 0 saturated carbocycles. The Balaban J connectivity index is 2.42. The van der Waals surface area contributed by atoms with E-state index in [9.17, 15) is 9.59 Å². The van der Waals surface area contributed by atoms with E-state index < -0.39 is 11.6 Å². The fraction of sp³-hybridized carbons (Fsp3) is 0.429. The Morgan fingerprint density at radius 2 is 2.11 bits per heavy atom. The molecule has 1 N–H and O–H groups in total. The van der Waals surface area contributed by atoms with Gasteiger partial charge in [0.25, 0.3) is 5.91 Å². The molecular weight excluding hydrogens is 246 g/mol. The number of esters is 1. The molecule has 1 aromatic rings. The van der Waals surface area contributed by atoms with Gasteiger partial charge in [0.2, 0.25) is 0 Å². The van der Waals surface area contributed by atoms with Crippen molar-refractivity contribution in [1.29, 1.82) is 0 Å². The monoisotopic (exact) mass is 263 g/mol. The molecular formula is C14H17NO4. The average molecular weight is 263 g/mol. The first-order valence-corrected chi connectivity index (χ1v) is 6.17. The van der Waals surface area contributed by atoms with E-state index in [1.54, 1.807) is 39.8 Å². The Bertz CT molecular complexity index is 549. The third-order valence-corrected chi connectivity index (χ3v) is 2.98. The van der Waals surface area contributed by atoms with Crippen molar-refractivity contribution in [3.8, 4) is 5.75 Å². The minimum Gasteiger partial charge on any atom is -0.476 e. The summed E-state index contributed by atoms with van der Waals surface area (Å²) in [6.07, 6.45) is 0. The topological polar surface area (TPSA) is 64.6 Å². The summed E-state index contributed by atoms with van der Waals surface area (Å²) in [5.74, 6) is -0.0734. The number of hydrogen-bond donors (Lipinski definition) is 1. The molecule has 0 radical (unpaired) electrons. The predicted molar refractivity (Wildman–Crippen MR) is 70.5 cm³/mol. The van der Waals surface area contributed by atoms with Gasteiger partial charge in [0.1, 0.15) is 5.75 Å². The van der Waals surface area contributed by atoms with E-state index in [2.05, 4.69) is 5.32 Å². The largest absolute Gasteiger partial charge is 0.476 e. The Morgan fingerprint density at radius 3 is 2.74 bits per heavy atom. The van der Waals surface area contributed by atoms with Crippen LogP contribution < -0.4 is 10.1 Å². The maximum absolute atomic E-state index is 11.8. The van der Waals surface area contributed by atoms with Gasteiger partial charge >= 0.3 is 5.97 Å². The second-order valence-electron chi connectivity index (χ2n) is 4.95. The van der Waals surface area contributed by atoms with Crippen LogP contribution in [-0.4, -0.2) is 24.1 Å². The van der Waals surface area contributed by atoms with Gasteiger partial charge in [-0.15, -0.1) is 0 Å². The number of ether oxygens (including phenoxy) is 2. The Labute approximate surface area is 111 Å². The molecule has 1 aliphatic heterocycles. The van der Waals surface area contributed by atoms with Crippen molar-refractivity contribution >= 4 is 17.6 Å². The molecule has 0 bridgehead atoms. The normalized spacial score (nSPS) is 16.1. The highest BCUT2D eigenvalue weighted by Gasteiger charge is 2.36. The number of fused-ring (bicyclic) bond motifs is 1. The van der Waals surface area contributed by atoms with Gasteiger partial charge in [-0.3, -0.25) is 4.79 Å². The molecule has 0 unspecified atom stereocenters. The minimum absolute atomic E-state index is 0.237. The fourth-order valence-corrected chi connectivity index (χ4v) is 1.89. The van der Waals surface area contributed by atoms with Crippen LogP contribution in [0.3, 0.4) is 0 Å². The van der Waals surface area contributed by atoms with Crippen molar-refractivity contribution in [3.63, 3.8) is 0 Å². The average Bonchev–Trinajstić information content (AvgIpc) is 2.30. The van der Waals surface area contributed by atoms with Gasteiger partial charge in [0.05, 0.1) is 17.9 Å². The molecule has 1 heterocycles. The molecule has 19 heavy (non-hydrogen) atoms. The lowest BCUT2D eigenvalue weighted by atomic mass is 10.0. The van der Waals surface area contributed by atoms with Crippen molar-refractivity contribution in [3.05, 3.63) is 23.3 Å². The van der Waals surface area contributed by atoms with Crippen LogP contribution in [0.1, 0.15) is 36.7 Å². The van der Waals surface area contributed by atoms with Crippen LogP contribution in [0.15, 0.2) is 12.1 Å². The highest BCUT2D eigenvalue weighted by Crippen LogP contribution is 2.35. The summed E-state index contributed by atoms with van der Waals surface area (Å²) in [5.41, 5.74) is 0.775. The molecule has 0 fully saturated rings. The lowest BCUT2D eigenvalue weighted by Gasteiger charge is -2.32. The van der Waals surface area contributed by atoms with Crippen molar-refractivity contribution in [2.45, 2.75) is 33.3 Å². The van der Waals surface area contributed by atoms with E-state index in [1.807, 2.05) is 0 Å². The predicted octanol–water partition coefficient (Wildman–Crippen LogP) is 2.28. The van der Waals surface area contributed by atoms with Gasteiger partial charge in [-0.25, -0.2) is 4.79 Å². The van der Waals surface area contributed by atoms with E-state index in [4.69, 9.17) is 9.47 Å². The number of aryl methyl sites for hydroxylation is 1. The summed E-state index contributed by atoms with van der Waals surface area (Å²) in [7, 11) is 0. The smallest absolute Gasteiger partial charge is 0.338 e. The second-order valence-corrected chi connectivity index (χ2v) is 4.95. The standard InChI is InChI=1S/C14H17NO4/c1-5-18-12(16)9-7-10-11(6-8(9)2)19-14(3,4)13(17)15-10/h6-7H,5H2,1-4H3,(H,15,17). The van der Waals surface area contributed by atoms with Gasteiger partial charge in [0, 0.05) is 0 Å². The van der Waals surface area contributed by atoms with Gasteiger partial charge < -0.3 is 14.8 Å². The van der Waals surface area contributed by atoms with Crippen molar-refractivity contribution in [2.75, 3.05) is 11.9 Å². The van der Waals surface area contributed by atoms with Crippen molar-refractivity contribution < 1.29 is 19.1 Å². The minimum atomic E-state index is -0.912. The first-order valence-electron chi connectivity index (χ1n) is 6.17. The Morgan fingerprint density at radius 1 is 1.42 bits per heavy atom. The first kappa shape index (κ1) is 13.4. The quantitative estimate of drug-likeness (QED) is 0.831. The number of nitrogens with one attached hydrogen (secondary N) is 1. The molecule has 0 aromatic heterocycles. The van der Waals surface area contributed by atoms with Crippen LogP contribution in [0.4, 0.5) is 5.69 Å². The summed E-state index contributed by atoms with van der Waals surface area (Å²) in [4.78, 5) is 23.6. The third-order valence-electron chi connectivity index (χ3n) is 2.98. The summed E-state index contributed by atoms with van der Waals surface area (Å²) in [6, 6.07) is 3.33. The third kappa shape index (κ3) is 2.41. The zero-order valence-electron chi connectivity index (χ0n) is 11.5. The zero-order chi connectivity index (χ0) is 14.2. The molecule has 5 nitrogen and oxygen atoms in total. The molecule has 1 amide bonds. The van der Waals surface area contributed by atoms with Crippen LogP contribution >= 0.6 is 0 Å². The highest BCUT2D eigenvalue weighted by atomic mass is 16.5. The number of benzene rings is 1. The summed E-state index contributed by atoms with van der Waals surface area (Å²) >= 11 is 0. The number of carbonyl (C=O) groups is 2. The molecule has 5 heteroatoms. The van der Waals surface area contributed by atoms with Crippen LogP contribution in [0, 0.1) is 6.92 Å². The molecule has 0 saturated heterocycles. The highest BCUT2D eigenvalue weighted by molar-refractivity contribution is 6.02. The lowest BCUT2D eigenvalue weighted by molar-refractivity contribution is -0.129. The van der Waals surface area contributed by atoms with Gasteiger partial charge in [-0.1, -0.05) is 0 Å². The number of amides is 1. The van der Waals surface area contributed by atoms with Crippen LogP contribution in [0.25, 0.3) is 0 Å². The maximum atomic E-state index is 11.8. The number of hydrogen-bond acceptors (Lipinski definition) is 4. The molecule has 1 aromatic carbocycles. The van der Waals surface area contributed by atoms with E-state index in [0.29, 0.717) is 23.6 Å². The number of carbonyl (C=O) groups excluding carboxylic acids is 2. The zero-order valence-corrected chi connectivity index (χ0v) is 11.5. The van der Waals surface area contributed by atoms with Crippen molar-refractivity contribution in [1.82, 2.24) is 0 Å². The summed E-state index contributed by atoms with van der Waals surface area (Å²) in [5, 5.41) is 2.74. The SMILES string of the molecule is CCOC(=O)c1cc2c(cc1C)OC(C)(C)C(=O)N2. The van der Waals surface area contributed by atoms with E-state index in [-0.39, 0.29) is 5.91 Å². The summed E-state index contributed by atoms with van der Waals surface area (Å²) in [6.45, 7) is 7.25. The van der Waals surface area contributed by atoms with Crippen molar-refractivity contribution in [2.24, 2.45) is 0 Å². The maximum Gasteiger partial charge on any atom is 0.338 e. The lowest BCUT2D eigenvalue weighted by Crippen LogP contribution is -2.45. The first-order chi connectivity index (χ1) is 8.85. The van der Waals surface area contributed by atoms with Crippen LogP contribution in [0.5, 0.6) is 5.75 Å². The second kappa shape index (κ2) is 4.57. The van der Waals surface area contributed by atoms with Crippen LogP contribution in [-0.2, 0) is 9.53 Å².